The summed E-state index contributed by atoms with van der Waals surface area (Å²) >= 11 is 6.35. The minimum atomic E-state index is -0.805. The van der Waals surface area contributed by atoms with Crippen LogP contribution >= 0.6 is 11.6 Å². The van der Waals surface area contributed by atoms with Gasteiger partial charge in [-0.3, -0.25) is 5.43 Å². The summed E-state index contributed by atoms with van der Waals surface area (Å²) in [7, 11) is 0. The number of esters is 1. The molecule has 2 aromatic carbocycles. The van der Waals surface area contributed by atoms with Crippen molar-refractivity contribution in [3.8, 4) is 11.5 Å². The average molecular weight is 391 g/mol. The second kappa shape index (κ2) is 10.4. The number of ether oxygens (including phenoxy) is 3. The van der Waals surface area contributed by atoms with E-state index < -0.39 is 12.1 Å². The molecule has 0 spiro atoms. The Labute approximate surface area is 164 Å². The number of halogens is 1. The second-order valence-electron chi connectivity index (χ2n) is 5.51. The third-order valence-corrected chi connectivity index (χ3v) is 3.71. The van der Waals surface area contributed by atoms with Crippen LogP contribution in [-0.4, -0.2) is 31.5 Å². The van der Waals surface area contributed by atoms with Crippen LogP contribution in [0.15, 0.2) is 47.6 Å². The highest BCUT2D eigenvalue weighted by molar-refractivity contribution is 6.32. The number of benzene rings is 2. The molecular formula is C20H23ClN2O4. The Balaban J connectivity index is 2.18. The van der Waals surface area contributed by atoms with Gasteiger partial charge in [0.05, 0.1) is 30.1 Å². The molecule has 1 unspecified atom stereocenters. The molecule has 7 heteroatoms. The first-order valence-corrected chi connectivity index (χ1v) is 9.06. The quantitative estimate of drug-likeness (QED) is 0.387. The fourth-order valence-electron chi connectivity index (χ4n) is 2.22. The number of carbonyl (C=O) groups excluding carboxylic acids is 1. The van der Waals surface area contributed by atoms with Gasteiger partial charge in [0.15, 0.2) is 17.6 Å². The normalized spacial score (nSPS) is 11.9. The molecule has 0 aliphatic carbocycles. The number of hydrogen-bond acceptors (Lipinski definition) is 6. The van der Waals surface area contributed by atoms with Crippen LogP contribution in [0.25, 0.3) is 0 Å². The summed E-state index contributed by atoms with van der Waals surface area (Å²) in [5.74, 6) is 0.267. The van der Waals surface area contributed by atoms with Crippen molar-refractivity contribution in [1.82, 2.24) is 0 Å². The Hall–Kier alpha value is -2.73. The number of carbonyl (C=O) groups is 1. The highest BCUT2D eigenvalue weighted by atomic mass is 35.5. The largest absolute Gasteiger partial charge is 0.490 e. The number of nitrogens with one attached hydrogen (secondary N) is 1. The van der Waals surface area contributed by atoms with Crippen LogP contribution in [0, 0.1) is 0 Å². The van der Waals surface area contributed by atoms with Crippen molar-refractivity contribution >= 4 is 29.5 Å². The molecule has 0 fully saturated rings. The van der Waals surface area contributed by atoms with E-state index in [0.717, 1.165) is 11.3 Å². The lowest BCUT2D eigenvalue weighted by molar-refractivity contribution is -0.150. The van der Waals surface area contributed by atoms with E-state index in [0.29, 0.717) is 23.1 Å². The van der Waals surface area contributed by atoms with Crippen LogP contribution in [0.5, 0.6) is 11.5 Å². The van der Waals surface area contributed by atoms with Crippen molar-refractivity contribution in [3.05, 3.63) is 53.1 Å². The first-order chi connectivity index (χ1) is 13.0. The van der Waals surface area contributed by atoms with Crippen LogP contribution in [0.2, 0.25) is 5.02 Å². The van der Waals surface area contributed by atoms with Gasteiger partial charge < -0.3 is 14.2 Å². The predicted octanol–water partition coefficient (Wildman–Crippen LogP) is 4.52. The molecule has 0 radical (unpaired) electrons. The third-order valence-electron chi connectivity index (χ3n) is 3.43. The molecule has 27 heavy (non-hydrogen) atoms. The molecule has 1 atom stereocenters. The van der Waals surface area contributed by atoms with Crippen LogP contribution in [0.1, 0.15) is 26.3 Å². The highest BCUT2D eigenvalue weighted by Crippen LogP contribution is 2.37. The van der Waals surface area contributed by atoms with E-state index in [4.69, 9.17) is 25.8 Å². The summed E-state index contributed by atoms with van der Waals surface area (Å²) in [5.41, 5.74) is 4.53. The second-order valence-corrected chi connectivity index (χ2v) is 5.92. The van der Waals surface area contributed by atoms with Gasteiger partial charge in [0, 0.05) is 0 Å². The molecule has 0 aliphatic heterocycles. The Morgan fingerprint density at radius 1 is 1.22 bits per heavy atom. The fraction of sp³-hybridized carbons (Fsp3) is 0.300. The van der Waals surface area contributed by atoms with E-state index in [-0.39, 0.29) is 6.61 Å². The number of hydrazone groups is 1. The van der Waals surface area contributed by atoms with Crippen LogP contribution < -0.4 is 14.9 Å². The Bertz CT molecular complexity index is 781. The third kappa shape index (κ3) is 6.18. The maximum absolute atomic E-state index is 11.8. The molecule has 0 aromatic heterocycles. The Morgan fingerprint density at radius 3 is 2.63 bits per heavy atom. The molecule has 0 bridgehead atoms. The standard InChI is InChI=1S/C20H23ClN2O4/c1-4-25-18-12-15(13-22-23-16-9-7-6-8-10-16)11-17(21)19(18)27-14(3)20(24)26-5-2/h6-14,23H,4-5H2,1-3H3. The van der Waals surface area contributed by atoms with Crippen LogP contribution in [0.4, 0.5) is 5.69 Å². The van der Waals surface area contributed by atoms with Crippen molar-refractivity contribution in [2.75, 3.05) is 18.6 Å². The van der Waals surface area contributed by atoms with Crippen molar-refractivity contribution in [3.63, 3.8) is 0 Å². The molecule has 0 saturated carbocycles. The number of para-hydroxylation sites is 1. The maximum atomic E-state index is 11.8. The number of hydrogen-bond donors (Lipinski definition) is 1. The van der Waals surface area contributed by atoms with E-state index >= 15 is 0 Å². The van der Waals surface area contributed by atoms with Crippen molar-refractivity contribution < 1.29 is 19.0 Å². The summed E-state index contributed by atoms with van der Waals surface area (Å²) in [6.07, 6.45) is 0.820. The monoisotopic (exact) mass is 390 g/mol. The van der Waals surface area contributed by atoms with Gasteiger partial charge in [-0.05, 0) is 50.6 Å². The minimum Gasteiger partial charge on any atom is -0.490 e. The lowest BCUT2D eigenvalue weighted by Crippen LogP contribution is -2.26. The summed E-state index contributed by atoms with van der Waals surface area (Å²) < 4.78 is 16.3. The minimum absolute atomic E-state index is 0.280. The summed E-state index contributed by atoms with van der Waals surface area (Å²) in [6, 6.07) is 13.0. The molecule has 6 nitrogen and oxygen atoms in total. The van der Waals surface area contributed by atoms with Gasteiger partial charge in [-0.1, -0.05) is 29.8 Å². The van der Waals surface area contributed by atoms with Crippen molar-refractivity contribution in [1.29, 1.82) is 0 Å². The maximum Gasteiger partial charge on any atom is 0.347 e. The Morgan fingerprint density at radius 2 is 1.96 bits per heavy atom. The Kier molecular flexibility index (Phi) is 7.95. The molecule has 2 aromatic rings. The highest BCUT2D eigenvalue weighted by Gasteiger charge is 2.20. The van der Waals surface area contributed by atoms with Crippen molar-refractivity contribution in [2.24, 2.45) is 5.10 Å². The first-order valence-electron chi connectivity index (χ1n) is 8.68. The van der Waals surface area contributed by atoms with E-state index in [2.05, 4.69) is 10.5 Å². The number of nitrogens with zero attached hydrogens (tertiary/aromatic N) is 1. The van der Waals surface area contributed by atoms with E-state index in [9.17, 15) is 4.79 Å². The zero-order valence-electron chi connectivity index (χ0n) is 15.6. The van der Waals surface area contributed by atoms with Gasteiger partial charge >= 0.3 is 5.97 Å². The molecule has 0 amide bonds. The summed E-state index contributed by atoms with van der Waals surface area (Å²) in [5, 5.41) is 4.51. The fourth-order valence-corrected chi connectivity index (χ4v) is 2.48. The van der Waals surface area contributed by atoms with E-state index in [1.54, 1.807) is 32.2 Å². The topological polar surface area (TPSA) is 69.2 Å². The van der Waals surface area contributed by atoms with Gasteiger partial charge in [-0.25, -0.2) is 4.79 Å². The lowest BCUT2D eigenvalue weighted by Gasteiger charge is -2.18. The number of anilines is 1. The average Bonchev–Trinajstić information content (AvgIpc) is 2.65. The smallest absolute Gasteiger partial charge is 0.347 e. The van der Waals surface area contributed by atoms with Gasteiger partial charge in [0.1, 0.15) is 0 Å². The number of rotatable bonds is 9. The summed E-state index contributed by atoms with van der Waals surface area (Å²) in [4.78, 5) is 11.8. The zero-order valence-corrected chi connectivity index (χ0v) is 16.3. The van der Waals surface area contributed by atoms with Crippen LogP contribution in [0.3, 0.4) is 0 Å². The lowest BCUT2D eigenvalue weighted by atomic mass is 10.2. The molecule has 2 rings (SSSR count). The molecular weight excluding hydrogens is 368 g/mol. The van der Waals surface area contributed by atoms with Gasteiger partial charge in [-0.15, -0.1) is 0 Å². The van der Waals surface area contributed by atoms with E-state index in [1.807, 2.05) is 37.3 Å². The zero-order chi connectivity index (χ0) is 19.6. The molecule has 0 heterocycles. The van der Waals surface area contributed by atoms with Gasteiger partial charge in [0.25, 0.3) is 0 Å². The van der Waals surface area contributed by atoms with Crippen molar-refractivity contribution in [2.45, 2.75) is 26.9 Å². The van der Waals surface area contributed by atoms with Gasteiger partial charge in [-0.2, -0.15) is 5.10 Å². The molecule has 0 saturated heterocycles. The first kappa shape index (κ1) is 20.6. The molecule has 144 valence electrons. The molecule has 0 aliphatic rings. The SMILES string of the molecule is CCOC(=O)C(C)Oc1c(Cl)cc(C=NNc2ccccc2)cc1OCC. The molecule has 1 N–H and O–H groups in total. The summed E-state index contributed by atoms with van der Waals surface area (Å²) in [6.45, 7) is 5.89. The van der Waals surface area contributed by atoms with E-state index in [1.165, 1.54) is 0 Å². The van der Waals surface area contributed by atoms with Gasteiger partial charge in [0.2, 0.25) is 0 Å². The predicted molar refractivity (Wildman–Crippen MR) is 107 cm³/mol. The van der Waals surface area contributed by atoms with Crippen LogP contribution in [-0.2, 0) is 9.53 Å².